The van der Waals surface area contributed by atoms with Gasteiger partial charge in [0.2, 0.25) is 21.8 Å². The number of aromatic nitrogens is 3. The van der Waals surface area contributed by atoms with E-state index >= 15 is 0 Å². The minimum absolute atomic E-state index is 0.0893. The molecular weight excluding hydrogens is 708 g/mol. The Balaban J connectivity index is 1.40. The molecule has 4 N–H and O–H groups in total. The lowest BCUT2D eigenvalue weighted by Gasteiger charge is -2.36. The smallest absolute Gasteiger partial charge is 0.412 e. The number of carbonyl (C=O) groups is 5. The molecule has 18 heteroatoms. The Kier molecular flexibility index (Phi) is 10.7. The molecular formula is C35H48N8O9S. The van der Waals surface area contributed by atoms with Crippen molar-refractivity contribution in [2.24, 2.45) is 11.3 Å². The summed E-state index contributed by atoms with van der Waals surface area (Å²) in [6, 6.07) is 2.77. The maximum atomic E-state index is 14.4. The Morgan fingerprint density at radius 2 is 1.70 bits per heavy atom. The van der Waals surface area contributed by atoms with Crippen LogP contribution in [0.3, 0.4) is 0 Å². The third-order valence-corrected chi connectivity index (χ3v) is 11.0. The van der Waals surface area contributed by atoms with Gasteiger partial charge in [-0.15, -0.1) is 11.4 Å². The Morgan fingerprint density at radius 1 is 1.04 bits per heavy atom. The monoisotopic (exact) mass is 756 g/mol. The van der Waals surface area contributed by atoms with Crippen molar-refractivity contribution < 1.29 is 41.9 Å². The predicted molar refractivity (Wildman–Crippen MR) is 192 cm³/mol. The van der Waals surface area contributed by atoms with Crippen molar-refractivity contribution in [2.75, 3.05) is 11.9 Å². The number of anilines is 1. The van der Waals surface area contributed by atoms with Crippen LogP contribution >= 0.6 is 0 Å². The molecule has 1 aliphatic heterocycles. The lowest BCUT2D eigenvalue weighted by atomic mass is 9.85. The number of rotatable bonds is 11. The number of ether oxygens (including phenoxy) is 2. The summed E-state index contributed by atoms with van der Waals surface area (Å²) in [6.45, 7) is 15.5. The number of benzene rings is 1. The first-order valence-corrected chi connectivity index (χ1v) is 18.9. The average molecular weight is 757 g/mol. The van der Waals surface area contributed by atoms with Crippen molar-refractivity contribution in [3.63, 3.8) is 0 Å². The number of carbonyl (C=O) groups excluding carboxylic acids is 5. The van der Waals surface area contributed by atoms with E-state index in [9.17, 15) is 32.4 Å². The summed E-state index contributed by atoms with van der Waals surface area (Å²) in [5.41, 5.74) is -1.72. The van der Waals surface area contributed by atoms with Crippen LogP contribution in [0.5, 0.6) is 0 Å². The zero-order chi connectivity index (χ0) is 39.1. The number of hydrogen-bond donors (Lipinski definition) is 4. The molecule has 3 aliphatic rings. The largest absolute Gasteiger partial charge is 0.444 e. The van der Waals surface area contributed by atoms with Crippen LogP contribution in [-0.2, 0) is 33.9 Å². The van der Waals surface area contributed by atoms with Crippen molar-refractivity contribution in [3.05, 3.63) is 48.8 Å². The van der Waals surface area contributed by atoms with Crippen molar-refractivity contribution >= 4 is 45.6 Å². The lowest BCUT2D eigenvalue weighted by molar-refractivity contribution is -0.143. The molecule has 2 aliphatic carbocycles. The topological polar surface area (TPSA) is 220 Å². The van der Waals surface area contributed by atoms with E-state index in [4.69, 9.17) is 9.47 Å². The van der Waals surface area contributed by atoms with E-state index in [1.54, 1.807) is 53.7 Å². The third kappa shape index (κ3) is 9.15. The maximum Gasteiger partial charge on any atom is 0.412 e. The van der Waals surface area contributed by atoms with Gasteiger partial charge in [0.25, 0.3) is 5.91 Å². The first kappa shape index (κ1) is 39.2. The number of hydrogen-bond acceptors (Lipinski definition) is 11. The van der Waals surface area contributed by atoms with E-state index in [0.717, 1.165) is 5.56 Å². The fraction of sp³-hybridized carbons (Fsp3) is 0.571. The van der Waals surface area contributed by atoms with Crippen LogP contribution in [0.4, 0.5) is 15.3 Å². The van der Waals surface area contributed by atoms with Gasteiger partial charge in [0.15, 0.2) is 0 Å². The molecule has 5 rings (SSSR count). The van der Waals surface area contributed by atoms with Crippen molar-refractivity contribution in [1.82, 2.24) is 35.2 Å². The molecule has 0 radical (unpaired) electrons. The Bertz CT molecular complexity index is 1880. The van der Waals surface area contributed by atoms with E-state index < -0.39 is 85.8 Å². The van der Waals surface area contributed by atoms with Crippen LogP contribution in [0.25, 0.3) is 5.69 Å². The highest BCUT2D eigenvalue weighted by Gasteiger charge is 2.62. The summed E-state index contributed by atoms with van der Waals surface area (Å²) in [7, 11) is -3.94. The molecule has 2 aromatic rings. The SMILES string of the molecule is C=CC1CC1(NC(=O)C1CC(OC(=O)Nc2cc(C)ccc2-n2nccn2)CN1C(=O)C(NC(=O)OC(C)(C)C)C(C)(C)C)C(=O)NS(=O)(=O)C1CC1. The molecule has 17 nitrogen and oxygen atoms in total. The minimum atomic E-state index is -3.94. The quantitative estimate of drug-likeness (QED) is 0.244. The van der Waals surface area contributed by atoms with Gasteiger partial charge in [-0.3, -0.25) is 24.4 Å². The van der Waals surface area contributed by atoms with E-state index in [0.29, 0.717) is 24.2 Å². The highest BCUT2D eigenvalue weighted by Crippen LogP contribution is 2.45. The molecule has 5 atom stereocenters. The van der Waals surface area contributed by atoms with Crippen LogP contribution < -0.4 is 20.7 Å². The van der Waals surface area contributed by atoms with E-state index in [-0.39, 0.29) is 19.4 Å². The molecule has 2 saturated carbocycles. The number of nitrogens with zero attached hydrogens (tertiary/aromatic N) is 4. The van der Waals surface area contributed by atoms with Gasteiger partial charge in [0, 0.05) is 12.3 Å². The molecule has 1 aromatic carbocycles. The highest BCUT2D eigenvalue weighted by molar-refractivity contribution is 7.91. The van der Waals surface area contributed by atoms with Crippen LogP contribution in [0.15, 0.2) is 43.2 Å². The van der Waals surface area contributed by atoms with Crippen molar-refractivity contribution in [3.8, 4) is 5.69 Å². The molecule has 0 bridgehead atoms. The van der Waals surface area contributed by atoms with Gasteiger partial charge in [-0.05, 0) is 70.1 Å². The van der Waals surface area contributed by atoms with Crippen molar-refractivity contribution in [1.29, 1.82) is 0 Å². The van der Waals surface area contributed by atoms with Gasteiger partial charge in [-0.1, -0.05) is 32.9 Å². The summed E-state index contributed by atoms with van der Waals surface area (Å²) in [5, 5.41) is 15.6. The summed E-state index contributed by atoms with van der Waals surface area (Å²) in [5.74, 6) is -2.91. The first-order chi connectivity index (χ1) is 24.6. The van der Waals surface area contributed by atoms with Crippen LogP contribution in [0, 0.1) is 18.3 Å². The number of amides is 5. The summed E-state index contributed by atoms with van der Waals surface area (Å²) >= 11 is 0. The Labute approximate surface area is 308 Å². The van der Waals surface area contributed by atoms with Gasteiger partial charge in [-0.2, -0.15) is 10.2 Å². The van der Waals surface area contributed by atoms with Gasteiger partial charge in [0.05, 0.1) is 29.9 Å². The predicted octanol–water partition coefficient (Wildman–Crippen LogP) is 2.70. The van der Waals surface area contributed by atoms with Crippen LogP contribution in [0.1, 0.15) is 72.8 Å². The number of aryl methyl sites for hydroxylation is 1. The zero-order valence-electron chi connectivity index (χ0n) is 31.0. The number of sulfonamides is 1. The second kappa shape index (κ2) is 14.4. The number of likely N-dealkylation sites (tertiary alicyclic amines) is 1. The normalized spacial score (nSPS) is 23.3. The summed E-state index contributed by atoms with van der Waals surface area (Å²) in [6.07, 6.45) is 2.46. The van der Waals surface area contributed by atoms with E-state index in [2.05, 4.69) is 37.4 Å². The van der Waals surface area contributed by atoms with Gasteiger partial charge < -0.3 is 25.0 Å². The fourth-order valence-electron chi connectivity index (χ4n) is 6.19. The second-order valence-corrected chi connectivity index (χ2v) is 17.8. The van der Waals surface area contributed by atoms with Gasteiger partial charge in [-0.25, -0.2) is 18.0 Å². The molecule has 1 saturated heterocycles. The Hall–Kier alpha value is -5.00. The summed E-state index contributed by atoms with van der Waals surface area (Å²) < 4.78 is 38.6. The average Bonchev–Trinajstić information content (AvgIpc) is 3.91. The van der Waals surface area contributed by atoms with E-state index in [1.807, 2.05) is 13.0 Å². The molecule has 1 aromatic heterocycles. The highest BCUT2D eigenvalue weighted by atomic mass is 32.2. The molecule has 53 heavy (non-hydrogen) atoms. The molecule has 5 amide bonds. The first-order valence-electron chi connectivity index (χ1n) is 17.4. The molecule has 2 heterocycles. The molecule has 0 spiro atoms. The molecule has 5 unspecified atom stereocenters. The second-order valence-electron chi connectivity index (χ2n) is 15.9. The molecule has 288 valence electrons. The third-order valence-electron chi connectivity index (χ3n) is 9.17. The zero-order valence-corrected chi connectivity index (χ0v) is 31.8. The standard InChI is InChI=1S/C35H48N8O9S/c1-9-21-18-35(21,30(46)41-53(49,50)23-11-12-23)40-28(44)26-17-22(19-42(26)29(45)27(33(3,4)5)39-32(48)52-34(6,7)8)51-31(47)38-24-16-20(2)10-13-25(24)43-36-14-15-37-43/h9-10,13-16,21-23,26-27H,1,11-12,17-19H2,2-8H3,(H,38,47)(H,39,48)(H,40,44)(H,41,46). The lowest BCUT2D eigenvalue weighted by Crippen LogP contribution is -2.60. The van der Waals surface area contributed by atoms with Gasteiger partial charge in [0.1, 0.15) is 35.0 Å². The summed E-state index contributed by atoms with van der Waals surface area (Å²) in [4.78, 5) is 70.7. The minimum Gasteiger partial charge on any atom is -0.444 e. The van der Waals surface area contributed by atoms with E-state index in [1.165, 1.54) is 28.2 Å². The van der Waals surface area contributed by atoms with Crippen LogP contribution in [0.2, 0.25) is 0 Å². The van der Waals surface area contributed by atoms with Crippen molar-refractivity contribution in [2.45, 2.75) is 109 Å². The molecule has 3 fully saturated rings. The van der Waals surface area contributed by atoms with Crippen LogP contribution in [-0.4, -0.2) is 99.3 Å². The fourth-order valence-corrected chi connectivity index (χ4v) is 7.55. The Morgan fingerprint density at radius 3 is 2.26 bits per heavy atom. The number of alkyl carbamates (subject to hydrolysis) is 1. The number of nitrogens with one attached hydrogen (secondary N) is 4. The van der Waals surface area contributed by atoms with Gasteiger partial charge >= 0.3 is 12.2 Å². The maximum absolute atomic E-state index is 14.4.